The number of para-hydroxylation sites is 1. The highest BCUT2D eigenvalue weighted by Crippen LogP contribution is 2.27. The fourth-order valence-electron chi connectivity index (χ4n) is 2.12. The van der Waals surface area contributed by atoms with Gasteiger partial charge in [0, 0.05) is 11.5 Å². The van der Waals surface area contributed by atoms with Crippen LogP contribution in [-0.2, 0) is 0 Å². The molecular formula is C17H10F2N4. The van der Waals surface area contributed by atoms with Gasteiger partial charge in [-0.2, -0.15) is 5.26 Å². The van der Waals surface area contributed by atoms with Gasteiger partial charge in [-0.1, -0.05) is 12.1 Å². The summed E-state index contributed by atoms with van der Waals surface area (Å²) in [7, 11) is 0. The molecular weight excluding hydrogens is 298 g/mol. The third-order valence-electron chi connectivity index (χ3n) is 3.15. The van der Waals surface area contributed by atoms with Gasteiger partial charge in [0.15, 0.2) is 0 Å². The van der Waals surface area contributed by atoms with E-state index in [1.807, 2.05) is 0 Å². The van der Waals surface area contributed by atoms with E-state index in [0.717, 1.165) is 18.2 Å². The van der Waals surface area contributed by atoms with Gasteiger partial charge in [0.25, 0.3) is 0 Å². The molecule has 0 aliphatic carbocycles. The second-order valence-corrected chi connectivity index (χ2v) is 4.64. The van der Waals surface area contributed by atoms with Crippen molar-refractivity contribution in [3.05, 3.63) is 66.0 Å². The predicted octanol–water partition coefficient (Wildman–Crippen LogP) is 4.19. The second kappa shape index (κ2) is 6.20. The van der Waals surface area contributed by atoms with E-state index in [4.69, 9.17) is 6.63 Å². The fourth-order valence-corrected chi connectivity index (χ4v) is 2.12. The Morgan fingerprint density at radius 2 is 1.91 bits per heavy atom. The summed E-state index contributed by atoms with van der Waals surface area (Å²) in [5, 5.41) is 11.6. The zero-order valence-electron chi connectivity index (χ0n) is 12.7. The number of rotatable bonds is 3. The monoisotopic (exact) mass is 309 g/mol. The van der Waals surface area contributed by atoms with Gasteiger partial charge in [-0.25, -0.2) is 18.7 Å². The molecule has 0 aliphatic heterocycles. The first-order valence-electron chi connectivity index (χ1n) is 7.14. The van der Waals surface area contributed by atoms with Crippen LogP contribution in [0.25, 0.3) is 17.0 Å². The minimum absolute atomic E-state index is 0.142. The third kappa shape index (κ3) is 2.99. The Morgan fingerprint density at radius 1 is 1.17 bits per heavy atom. The van der Waals surface area contributed by atoms with Crippen LogP contribution in [0.4, 0.5) is 20.3 Å². The number of nitriles is 1. The molecule has 23 heavy (non-hydrogen) atoms. The van der Waals surface area contributed by atoms with Crippen LogP contribution >= 0.6 is 0 Å². The van der Waals surface area contributed by atoms with Gasteiger partial charge in [-0.3, -0.25) is 0 Å². The molecule has 3 aromatic rings. The molecule has 6 heteroatoms. The van der Waals surface area contributed by atoms with Crippen LogP contribution in [0.3, 0.4) is 0 Å². The molecule has 0 bridgehead atoms. The molecule has 2 aromatic carbocycles. The van der Waals surface area contributed by atoms with Gasteiger partial charge in [0.1, 0.15) is 30.8 Å². The molecule has 0 spiro atoms. The SMILES string of the molecule is [2H]c1nc(Nc2c(F)cc(C=CC#N)cc2F)c2ccccc2n1. The van der Waals surface area contributed by atoms with Gasteiger partial charge in [-0.15, -0.1) is 0 Å². The van der Waals surface area contributed by atoms with Crippen LogP contribution in [0.5, 0.6) is 0 Å². The first-order valence-corrected chi connectivity index (χ1v) is 6.64. The van der Waals surface area contributed by atoms with Crippen molar-refractivity contribution >= 4 is 28.5 Å². The Balaban J connectivity index is 2.06. The van der Waals surface area contributed by atoms with E-state index < -0.39 is 11.6 Å². The maximum Gasteiger partial charge on any atom is 0.150 e. The maximum absolute atomic E-state index is 14.2. The predicted molar refractivity (Wildman–Crippen MR) is 83.8 cm³/mol. The summed E-state index contributed by atoms with van der Waals surface area (Å²) >= 11 is 0. The molecule has 0 aliphatic rings. The number of fused-ring (bicyclic) bond motifs is 1. The van der Waals surface area contributed by atoms with Gasteiger partial charge in [0.05, 0.1) is 11.6 Å². The van der Waals surface area contributed by atoms with E-state index in [-0.39, 0.29) is 23.4 Å². The summed E-state index contributed by atoms with van der Waals surface area (Å²) in [6.45, 7) is 0. The molecule has 0 radical (unpaired) electrons. The number of hydrogen-bond donors (Lipinski definition) is 1. The summed E-state index contributed by atoms with van der Waals surface area (Å²) in [6.07, 6.45) is 2.18. The smallest absolute Gasteiger partial charge is 0.150 e. The summed E-state index contributed by atoms with van der Waals surface area (Å²) in [6, 6.07) is 10.8. The highest BCUT2D eigenvalue weighted by atomic mass is 19.1. The molecule has 0 atom stereocenters. The number of nitrogens with zero attached hydrogens (tertiary/aromatic N) is 3. The van der Waals surface area contributed by atoms with Crippen LogP contribution in [-0.4, -0.2) is 9.97 Å². The minimum atomic E-state index is -0.832. The Hall–Kier alpha value is -3.33. The van der Waals surface area contributed by atoms with Gasteiger partial charge >= 0.3 is 0 Å². The van der Waals surface area contributed by atoms with Gasteiger partial charge in [-0.05, 0) is 35.9 Å². The van der Waals surface area contributed by atoms with E-state index in [9.17, 15) is 8.78 Å². The molecule has 0 saturated heterocycles. The fraction of sp³-hybridized carbons (Fsp3) is 0. The Morgan fingerprint density at radius 3 is 2.65 bits per heavy atom. The zero-order valence-corrected chi connectivity index (χ0v) is 11.7. The number of benzene rings is 2. The lowest BCUT2D eigenvalue weighted by molar-refractivity contribution is 0.590. The van der Waals surface area contributed by atoms with Crippen LogP contribution in [0, 0.1) is 23.0 Å². The lowest BCUT2D eigenvalue weighted by Gasteiger charge is -2.10. The number of anilines is 2. The van der Waals surface area contributed by atoms with E-state index in [2.05, 4.69) is 15.3 Å². The molecule has 3 rings (SSSR count). The highest BCUT2D eigenvalue weighted by Gasteiger charge is 2.13. The van der Waals surface area contributed by atoms with Crippen molar-refractivity contribution in [3.8, 4) is 6.07 Å². The van der Waals surface area contributed by atoms with Crippen molar-refractivity contribution in [2.45, 2.75) is 0 Å². The summed E-state index contributed by atoms with van der Waals surface area (Å²) < 4.78 is 36.0. The minimum Gasteiger partial charge on any atom is -0.335 e. The molecule has 1 heterocycles. The lowest BCUT2D eigenvalue weighted by atomic mass is 10.1. The van der Waals surface area contributed by atoms with Crippen molar-refractivity contribution in [1.82, 2.24) is 9.97 Å². The first-order chi connectivity index (χ1) is 11.6. The average Bonchev–Trinajstić information content (AvgIpc) is 2.56. The van der Waals surface area contributed by atoms with Crippen molar-refractivity contribution in [3.63, 3.8) is 0 Å². The van der Waals surface area contributed by atoms with E-state index >= 15 is 0 Å². The normalized spacial score (nSPS) is 11.4. The average molecular weight is 309 g/mol. The van der Waals surface area contributed by atoms with Crippen molar-refractivity contribution in [2.75, 3.05) is 5.32 Å². The Kier molecular flexibility index (Phi) is 3.59. The molecule has 0 saturated carbocycles. The molecule has 1 aromatic heterocycles. The number of aromatic nitrogens is 2. The number of allylic oxidation sites excluding steroid dienone is 1. The van der Waals surface area contributed by atoms with Crippen LogP contribution in [0.2, 0.25) is 0 Å². The molecule has 112 valence electrons. The zero-order chi connectivity index (χ0) is 17.1. The number of hydrogen-bond acceptors (Lipinski definition) is 4. The van der Waals surface area contributed by atoms with Gasteiger partial charge in [0.2, 0.25) is 0 Å². The highest BCUT2D eigenvalue weighted by molar-refractivity contribution is 5.90. The first kappa shape index (κ1) is 13.3. The summed E-state index contributed by atoms with van der Waals surface area (Å²) in [5.74, 6) is -1.52. The van der Waals surface area contributed by atoms with E-state index in [1.165, 1.54) is 6.08 Å². The third-order valence-corrected chi connectivity index (χ3v) is 3.15. The molecule has 1 N–H and O–H groups in total. The second-order valence-electron chi connectivity index (χ2n) is 4.64. The molecule has 0 amide bonds. The maximum atomic E-state index is 14.2. The van der Waals surface area contributed by atoms with Crippen molar-refractivity contribution in [2.24, 2.45) is 0 Å². The standard InChI is InChI=1S/C17H10F2N4/c18-13-8-11(4-3-7-20)9-14(19)16(13)23-17-12-5-1-2-6-15(12)21-10-22-17/h1-6,8-10H,(H,21,22,23)/i10D. The van der Waals surface area contributed by atoms with Crippen LogP contribution in [0.15, 0.2) is 48.8 Å². The molecule has 0 unspecified atom stereocenters. The quantitative estimate of drug-likeness (QED) is 0.737. The summed E-state index contributed by atoms with van der Waals surface area (Å²) in [5.41, 5.74) is 0.340. The molecule has 0 fully saturated rings. The van der Waals surface area contributed by atoms with Crippen molar-refractivity contribution < 1.29 is 10.2 Å². The van der Waals surface area contributed by atoms with Crippen LogP contribution < -0.4 is 5.32 Å². The largest absolute Gasteiger partial charge is 0.335 e. The summed E-state index contributed by atoms with van der Waals surface area (Å²) in [4.78, 5) is 7.86. The Labute approximate surface area is 132 Å². The Bertz CT molecular complexity index is 973. The molecule has 4 nitrogen and oxygen atoms in total. The van der Waals surface area contributed by atoms with Crippen LogP contribution in [0.1, 0.15) is 6.93 Å². The van der Waals surface area contributed by atoms with Gasteiger partial charge < -0.3 is 5.32 Å². The number of nitrogens with one attached hydrogen (secondary N) is 1. The van der Waals surface area contributed by atoms with E-state index in [0.29, 0.717) is 10.9 Å². The lowest BCUT2D eigenvalue weighted by Crippen LogP contribution is -2.01. The number of halogens is 2. The van der Waals surface area contributed by atoms with E-state index in [1.54, 1.807) is 30.3 Å². The topological polar surface area (TPSA) is 61.6 Å². The van der Waals surface area contributed by atoms with Crippen molar-refractivity contribution in [1.29, 1.82) is 5.26 Å².